The van der Waals surface area contributed by atoms with Crippen molar-refractivity contribution in [2.24, 2.45) is 0 Å². The highest BCUT2D eigenvalue weighted by molar-refractivity contribution is 7.89. The molecular weight excluding hydrogens is 325 g/mol. The molecule has 124 valence electrons. The molecule has 0 amide bonds. The monoisotopic (exact) mass is 342 g/mol. The number of rotatable bonds is 4. The van der Waals surface area contributed by atoms with Crippen LogP contribution >= 0.6 is 0 Å². The van der Waals surface area contributed by atoms with Crippen LogP contribution in [0.25, 0.3) is 0 Å². The van der Waals surface area contributed by atoms with Crippen LogP contribution in [0.3, 0.4) is 0 Å². The Kier molecular flexibility index (Phi) is 4.84. The molecule has 2 nitrogen and oxygen atoms in total. The molecular formula is C17H17F3O2S. The standard InChI is InChI=1S/C17H17F3O2S/c1-12-6-7-13(2)15(8-12)11-23(21,22)10-14-4-3-5-16(9-14)17(18,19)20/h3-9H,10-11H2,1-2H3. The topological polar surface area (TPSA) is 34.1 Å². The lowest BCUT2D eigenvalue weighted by Crippen LogP contribution is -2.10. The Labute approximate surface area is 133 Å². The number of aryl methyl sites for hydroxylation is 2. The van der Waals surface area contributed by atoms with E-state index in [1.54, 1.807) is 6.07 Å². The second-order valence-electron chi connectivity index (χ2n) is 5.66. The molecule has 0 bridgehead atoms. The third-order valence-corrected chi connectivity index (χ3v) is 5.04. The van der Waals surface area contributed by atoms with E-state index in [2.05, 4.69) is 0 Å². The van der Waals surface area contributed by atoms with Gasteiger partial charge in [-0.1, -0.05) is 42.0 Å². The maximum Gasteiger partial charge on any atom is 0.416 e. The number of halogens is 3. The van der Waals surface area contributed by atoms with Crippen LogP contribution in [0.1, 0.15) is 27.8 Å². The fraction of sp³-hybridized carbons (Fsp3) is 0.294. The molecule has 0 fully saturated rings. The highest BCUT2D eigenvalue weighted by Gasteiger charge is 2.30. The number of benzene rings is 2. The summed E-state index contributed by atoms with van der Waals surface area (Å²) < 4.78 is 62.7. The fourth-order valence-corrected chi connectivity index (χ4v) is 3.91. The first-order valence-electron chi connectivity index (χ1n) is 6.99. The van der Waals surface area contributed by atoms with Crippen LogP contribution in [-0.2, 0) is 27.5 Å². The third-order valence-electron chi connectivity index (χ3n) is 3.52. The van der Waals surface area contributed by atoms with Crippen molar-refractivity contribution in [1.82, 2.24) is 0 Å². The number of alkyl halides is 3. The summed E-state index contributed by atoms with van der Waals surface area (Å²) in [5, 5.41) is 0. The van der Waals surface area contributed by atoms with Gasteiger partial charge in [0.15, 0.2) is 9.84 Å². The first-order chi connectivity index (χ1) is 10.6. The van der Waals surface area contributed by atoms with Gasteiger partial charge in [0.05, 0.1) is 17.1 Å². The minimum Gasteiger partial charge on any atom is -0.228 e. The molecule has 0 saturated heterocycles. The first-order valence-corrected chi connectivity index (χ1v) is 8.82. The van der Waals surface area contributed by atoms with Gasteiger partial charge in [-0.15, -0.1) is 0 Å². The molecule has 0 aromatic heterocycles. The van der Waals surface area contributed by atoms with Gasteiger partial charge >= 0.3 is 6.18 Å². The SMILES string of the molecule is Cc1ccc(C)c(CS(=O)(=O)Cc2cccc(C(F)(F)F)c2)c1. The Morgan fingerprint density at radius 1 is 0.957 bits per heavy atom. The second-order valence-corrected chi connectivity index (χ2v) is 7.72. The zero-order chi connectivity index (χ0) is 17.3. The maximum absolute atomic E-state index is 12.7. The fourth-order valence-electron chi connectivity index (χ4n) is 2.34. The maximum atomic E-state index is 12.7. The third kappa shape index (κ3) is 4.82. The van der Waals surface area contributed by atoms with Gasteiger partial charge in [-0.25, -0.2) is 8.42 Å². The minimum atomic E-state index is -4.48. The molecule has 0 spiro atoms. The average molecular weight is 342 g/mol. The quantitative estimate of drug-likeness (QED) is 0.823. The van der Waals surface area contributed by atoms with Crippen molar-refractivity contribution in [2.45, 2.75) is 31.5 Å². The van der Waals surface area contributed by atoms with Gasteiger partial charge in [-0.05, 0) is 36.6 Å². The molecule has 2 aromatic rings. The van der Waals surface area contributed by atoms with Crippen LogP contribution in [0, 0.1) is 13.8 Å². The van der Waals surface area contributed by atoms with Gasteiger partial charge in [0.25, 0.3) is 0 Å². The number of hydrogen-bond acceptors (Lipinski definition) is 2. The van der Waals surface area contributed by atoms with Crippen LogP contribution in [0.5, 0.6) is 0 Å². The van der Waals surface area contributed by atoms with E-state index in [-0.39, 0.29) is 11.3 Å². The van der Waals surface area contributed by atoms with E-state index in [0.717, 1.165) is 23.3 Å². The molecule has 0 aliphatic carbocycles. The van der Waals surface area contributed by atoms with Crippen LogP contribution < -0.4 is 0 Å². The van der Waals surface area contributed by atoms with Crippen LogP contribution in [-0.4, -0.2) is 8.42 Å². The molecule has 2 rings (SSSR count). The Bertz CT molecular complexity index is 809. The van der Waals surface area contributed by atoms with Gasteiger partial charge in [-0.2, -0.15) is 13.2 Å². The summed E-state index contributed by atoms with van der Waals surface area (Å²) in [7, 11) is -3.56. The molecule has 23 heavy (non-hydrogen) atoms. The van der Waals surface area contributed by atoms with E-state index in [4.69, 9.17) is 0 Å². The Morgan fingerprint density at radius 3 is 2.30 bits per heavy atom. The summed E-state index contributed by atoms with van der Waals surface area (Å²) in [6, 6.07) is 9.96. The van der Waals surface area contributed by atoms with Crippen LogP contribution in [0.4, 0.5) is 13.2 Å². The molecule has 0 aliphatic rings. The minimum absolute atomic E-state index is 0.144. The predicted octanol–water partition coefficient (Wildman–Crippen LogP) is 4.44. The summed E-state index contributed by atoms with van der Waals surface area (Å²) in [5.74, 6) is -0.596. The summed E-state index contributed by atoms with van der Waals surface area (Å²) in [4.78, 5) is 0. The summed E-state index contributed by atoms with van der Waals surface area (Å²) in [6.07, 6.45) is -4.48. The lowest BCUT2D eigenvalue weighted by atomic mass is 10.1. The van der Waals surface area contributed by atoms with E-state index < -0.39 is 27.3 Å². The second kappa shape index (κ2) is 6.35. The van der Waals surface area contributed by atoms with Crippen LogP contribution in [0.15, 0.2) is 42.5 Å². The average Bonchev–Trinajstić information content (AvgIpc) is 2.41. The Balaban J connectivity index is 2.23. The lowest BCUT2D eigenvalue weighted by molar-refractivity contribution is -0.137. The summed E-state index contributed by atoms with van der Waals surface area (Å²) in [6.45, 7) is 3.68. The molecule has 0 radical (unpaired) electrons. The van der Waals surface area contributed by atoms with Crippen molar-refractivity contribution < 1.29 is 21.6 Å². The molecule has 0 atom stereocenters. The normalized spacial score (nSPS) is 12.4. The van der Waals surface area contributed by atoms with E-state index in [0.29, 0.717) is 5.56 Å². The van der Waals surface area contributed by atoms with Gasteiger partial charge < -0.3 is 0 Å². The predicted molar refractivity (Wildman–Crippen MR) is 83.7 cm³/mol. The molecule has 0 aliphatic heterocycles. The van der Waals surface area contributed by atoms with E-state index in [1.165, 1.54) is 12.1 Å². The smallest absolute Gasteiger partial charge is 0.228 e. The van der Waals surface area contributed by atoms with Gasteiger partial charge in [-0.3, -0.25) is 0 Å². The van der Waals surface area contributed by atoms with Crippen molar-refractivity contribution in [1.29, 1.82) is 0 Å². The highest BCUT2D eigenvalue weighted by Crippen LogP contribution is 2.30. The van der Waals surface area contributed by atoms with Crippen molar-refractivity contribution in [3.63, 3.8) is 0 Å². The molecule has 2 aromatic carbocycles. The Morgan fingerprint density at radius 2 is 1.65 bits per heavy atom. The molecule has 0 heterocycles. The van der Waals surface area contributed by atoms with Gasteiger partial charge in [0.1, 0.15) is 0 Å². The van der Waals surface area contributed by atoms with E-state index >= 15 is 0 Å². The van der Waals surface area contributed by atoms with Crippen molar-refractivity contribution in [3.8, 4) is 0 Å². The summed E-state index contributed by atoms with van der Waals surface area (Å²) in [5.41, 5.74) is 1.78. The van der Waals surface area contributed by atoms with Crippen LogP contribution in [0.2, 0.25) is 0 Å². The molecule has 0 N–H and O–H groups in total. The largest absolute Gasteiger partial charge is 0.416 e. The van der Waals surface area contributed by atoms with E-state index in [9.17, 15) is 21.6 Å². The molecule has 0 unspecified atom stereocenters. The lowest BCUT2D eigenvalue weighted by Gasteiger charge is -2.11. The zero-order valence-corrected chi connectivity index (χ0v) is 13.6. The van der Waals surface area contributed by atoms with Gasteiger partial charge in [0, 0.05) is 0 Å². The Hall–Kier alpha value is -1.82. The number of hydrogen-bond donors (Lipinski definition) is 0. The van der Waals surface area contributed by atoms with Gasteiger partial charge in [0.2, 0.25) is 0 Å². The number of sulfone groups is 1. The van der Waals surface area contributed by atoms with Crippen molar-refractivity contribution in [2.75, 3.05) is 0 Å². The van der Waals surface area contributed by atoms with E-state index in [1.807, 2.05) is 26.0 Å². The first kappa shape index (κ1) is 17.5. The van der Waals surface area contributed by atoms with Crippen molar-refractivity contribution >= 4 is 9.84 Å². The summed E-state index contributed by atoms with van der Waals surface area (Å²) >= 11 is 0. The zero-order valence-electron chi connectivity index (χ0n) is 12.8. The molecule has 0 saturated carbocycles. The van der Waals surface area contributed by atoms with Crippen molar-refractivity contribution in [3.05, 3.63) is 70.3 Å². The highest BCUT2D eigenvalue weighted by atomic mass is 32.2. The molecule has 6 heteroatoms.